The maximum absolute atomic E-state index is 12.1. The monoisotopic (exact) mass is 272 g/mol. The van der Waals surface area contributed by atoms with E-state index in [4.69, 9.17) is 0 Å². The zero-order chi connectivity index (χ0) is 13.2. The van der Waals surface area contributed by atoms with Crippen LogP contribution in [0.2, 0.25) is 0 Å². The fourth-order valence-electron chi connectivity index (χ4n) is 1.90. The third-order valence-corrected chi connectivity index (χ3v) is 4.71. The van der Waals surface area contributed by atoms with E-state index in [1.165, 1.54) is 12.8 Å². The van der Waals surface area contributed by atoms with Crippen molar-refractivity contribution in [2.24, 2.45) is 0 Å². The van der Waals surface area contributed by atoms with E-state index in [-0.39, 0.29) is 4.90 Å². The predicted molar refractivity (Wildman–Crippen MR) is 68.9 cm³/mol. The quantitative estimate of drug-likeness (QED) is 0.629. The summed E-state index contributed by atoms with van der Waals surface area (Å²) in [4.78, 5) is 0.276. The Morgan fingerprint density at radius 3 is 2.61 bits per heavy atom. The van der Waals surface area contributed by atoms with Crippen LogP contribution in [0.1, 0.15) is 30.7 Å². The topological polar surface area (TPSA) is 86.9 Å². The van der Waals surface area contributed by atoms with E-state index in [9.17, 15) is 8.42 Å². The second-order valence-electron chi connectivity index (χ2n) is 4.74. The number of hydrogen-bond donors (Lipinski definition) is 3. The number of aromatic amines is 1. The van der Waals surface area contributed by atoms with Crippen LogP contribution < -0.4 is 10.0 Å². The summed E-state index contributed by atoms with van der Waals surface area (Å²) in [5.41, 5.74) is 1.09. The Balaban J connectivity index is 1.83. The molecule has 1 fully saturated rings. The smallest absolute Gasteiger partial charge is 0.244 e. The van der Waals surface area contributed by atoms with Crippen molar-refractivity contribution < 1.29 is 8.42 Å². The van der Waals surface area contributed by atoms with Crippen LogP contribution in [0.25, 0.3) is 0 Å². The first-order valence-corrected chi connectivity index (χ1v) is 7.73. The first kappa shape index (κ1) is 13.5. The number of nitrogens with one attached hydrogen (secondary N) is 3. The highest BCUT2D eigenvalue weighted by atomic mass is 32.2. The highest BCUT2D eigenvalue weighted by molar-refractivity contribution is 7.89. The van der Waals surface area contributed by atoms with Crippen LogP contribution in [0, 0.1) is 13.8 Å². The van der Waals surface area contributed by atoms with E-state index in [1.807, 2.05) is 0 Å². The number of sulfonamides is 1. The lowest BCUT2D eigenvalue weighted by Gasteiger charge is -2.07. The fourth-order valence-corrected chi connectivity index (χ4v) is 3.34. The van der Waals surface area contributed by atoms with Crippen molar-refractivity contribution in [2.45, 2.75) is 44.0 Å². The summed E-state index contributed by atoms with van der Waals surface area (Å²) in [6.07, 6.45) is 3.30. The first-order chi connectivity index (χ1) is 8.50. The molecule has 1 aliphatic carbocycles. The normalized spacial score (nSPS) is 16.1. The molecule has 0 bridgehead atoms. The molecule has 0 unspecified atom stereocenters. The molecule has 1 aliphatic rings. The zero-order valence-corrected chi connectivity index (χ0v) is 11.6. The molecule has 0 spiro atoms. The van der Waals surface area contributed by atoms with Crippen LogP contribution in [-0.4, -0.2) is 37.7 Å². The van der Waals surface area contributed by atoms with Gasteiger partial charge in [-0.25, -0.2) is 13.1 Å². The molecule has 7 heteroatoms. The van der Waals surface area contributed by atoms with Crippen molar-refractivity contribution in [3.63, 3.8) is 0 Å². The lowest BCUT2D eigenvalue weighted by molar-refractivity contribution is 0.572. The minimum atomic E-state index is -3.43. The van der Waals surface area contributed by atoms with Gasteiger partial charge in [0.25, 0.3) is 0 Å². The molecular formula is C11H20N4O2S. The van der Waals surface area contributed by atoms with Gasteiger partial charge in [-0.05, 0) is 39.7 Å². The maximum Gasteiger partial charge on any atom is 0.244 e. The Morgan fingerprint density at radius 1 is 1.33 bits per heavy atom. The van der Waals surface area contributed by atoms with Gasteiger partial charge in [-0.2, -0.15) is 5.10 Å². The van der Waals surface area contributed by atoms with Gasteiger partial charge in [0.2, 0.25) is 10.0 Å². The van der Waals surface area contributed by atoms with Crippen LogP contribution in [0.15, 0.2) is 4.90 Å². The van der Waals surface area contributed by atoms with Gasteiger partial charge in [-0.3, -0.25) is 5.10 Å². The summed E-state index contributed by atoms with van der Waals surface area (Å²) in [7, 11) is -3.43. The number of aryl methyl sites for hydroxylation is 2. The van der Waals surface area contributed by atoms with E-state index in [1.54, 1.807) is 13.8 Å². The van der Waals surface area contributed by atoms with Crippen LogP contribution in [0.4, 0.5) is 0 Å². The molecule has 18 heavy (non-hydrogen) atoms. The average molecular weight is 272 g/mol. The largest absolute Gasteiger partial charge is 0.314 e. The number of nitrogens with zero attached hydrogens (tertiary/aromatic N) is 1. The Bertz CT molecular complexity index is 486. The van der Waals surface area contributed by atoms with Gasteiger partial charge in [0.1, 0.15) is 4.90 Å². The predicted octanol–water partition coefficient (Wildman–Crippen LogP) is 0.447. The molecule has 2 rings (SSSR count). The van der Waals surface area contributed by atoms with Crippen molar-refractivity contribution in [3.05, 3.63) is 11.4 Å². The van der Waals surface area contributed by atoms with E-state index in [0.717, 1.165) is 13.0 Å². The Kier molecular flexibility index (Phi) is 4.04. The molecule has 0 aromatic carbocycles. The van der Waals surface area contributed by atoms with Gasteiger partial charge in [0.15, 0.2) is 0 Å². The second-order valence-corrected chi connectivity index (χ2v) is 6.45. The lowest BCUT2D eigenvalue weighted by atomic mass is 10.4. The van der Waals surface area contributed by atoms with Gasteiger partial charge >= 0.3 is 0 Å². The summed E-state index contributed by atoms with van der Waals surface area (Å²) in [5.74, 6) is 0. The van der Waals surface area contributed by atoms with Gasteiger partial charge in [-0.1, -0.05) is 0 Å². The third-order valence-electron chi connectivity index (χ3n) is 2.99. The van der Waals surface area contributed by atoms with Crippen LogP contribution in [0.5, 0.6) is 0 Å². The first-order valence-electron chi connectivity index (χ1n) is 6.25. The SMILES string of the molecule is Cc1n[nH]c(C)c1S(=O)(=O)NCCCNC1CC1. The Hall–Kier alpha value is -0.920. The number of aromatic nitrogens is 2. The van der Waals surface area contributed by atoms with Crippen molar-refractivity contribution >= 4 is 10.0 Å². The number of hydrogen-bond acceptors (Lipinski definition) is 4. The third kappa shape index (κ3) is 3.30. The van der Waals surface area contributed by atoms with Crippen LogP contribution in [-0.2, 0) is 10.0 Å². The van der Waals surface area contributed by atoms with Crippen LogP contribution in [0.3, 0.4) is 0 Å². The summed E-state index contributed by atoms with van der Waals surface area (Å²) >= 11 is 0. The molecule has 1 aromatic rings. The summed E-state index contributed by atoms with van der Waals surface area (Å²) in [5, 5.41) is 9.94. The standard InChI is InChI=1S/C11H20N4O2S/c1-8-11(9(2)15-14-8)18(16,17)13-7-3-6-12-10-4-5-10/h10,12-13H,3-7H2,1-2H3,(H,14,15). The van der Waals surface area contributed by atoms with Gasteiger partial charge in [0.05, 0.1) is 11.4 Å². The van der Waals surface area contributed by atoms with Crippen LogP contribution >= 0.6 is 0 Å². The van der Waals surface area contributed by atoms with Crippen molar-refractivity contribution in [1.82, 2.24) is 20.2 Å². The maximum atomic E-state index is 12.1. The highest BCUT2D eigenvalue weighted by Gasteiger charge is 2.22. The molecule has 0 radical (unpaired) electrons. The number of H-pyrrole nitrogens is 1. The van der Waals surface area contributed by atoms with Crippen molar-refractivity contribution in [3.8, 4) is 0 Å². The van der Waals surface area contributed by atoms with Crippen molar-refractivity contribution in [2.75, 3.05) is 13.1 Å². The van der Waals surface area contributed by atoms with Crippen molar-refractivity contribution in [1.29, 1.82) is 0 Å². The molecule has 102 valence electrons. The molecule has 0 saturated heterocycles. The number of rotatable bonds is 7. The summed E-state index contributed by atoms with van der Waals surface area (Å²) in [6, 6.07) is 0.667. The lowest BCUT2D eigenvalue weighted by Crippen LogP contribution is -2.28. The van der Waals surface area contributed by atoms with E-state index >= 15 is 0 Å². The summed E-state index contributed by atoms with van der Waals surface area (Å²) in [6.45, 7) is 4.71. The molecule has 1 aromatic heterocycles. The molecular weight excluding hydrogens is 252 g/mol. The second kappa shape index (κ2) is 5.38. The Morgan fingerprint density at radius 2 is 2.06 bits per heavy atom. The minimum absolute atomic E-state index is 0.276. The van der Waals surface area contributed by atoms with Gasteiger partial charge in [-0.15, -0.1) is 0 Å². The average Bonchev–Trinajstić information content (AvgIpc) is 3.04. The van der Waals surface area contributed by atoms with E-state index < -0.39 is 10.0 Å². The van der Waals surface area contributed by atoms with Gasteiger partial charge < -0.3 is 5.32 Å². The summed E-state index contributed by atoms with van der Waals surface area (Å²) < 4.78 is 26.7. The molecule has 0 amide bonds. The molecule has 0 atom stereocenters. The molecule has 0 aliphatic heterocycles. The van der Waals surface area contributed by atoms with E-state index in [0.29, 0.717) is 24.0 Å². The fraction of sp³-hybridized carbons (Fsp3) is 0.727. The molecule has 1 saturated carbocycles. The molecule has 6 nitrogen and oxygen atoms in total. The minimum Gasteiger partial charge on any atom is -0.314 e. The zero-order valence-electron chi connectivity index (χ0n) is 10.8. The highest BCUT2D eigenvalue weighted by Crippen LogP contribution is 2.18. The molecule has 3 N–H and O–H groups in total. The van der Waals surface area contributed by atoms with Gasteiger partial charge in [0, 0.05) is 12.6 Å². The Labute approximate surface area is 108 Å². The molecule has 1 heterocycles. The van der Waals surface area contributed by atoms with E-state index in [2.05, 4.69) is 20.2 Å².